The van der Waals surface area contributed by atoms with Crippen LogP contribution in [0.15, 0.2) is 0 Å². The van der Waals surface area contributed by atoms with Crippen LogP contribution in [0.1, 0.15) is 19.3 Å². The molecule has 2 fully saturated rings. The van der Waals surface area contributed by atoms with E-state index in [1.54, 1.807) is 0 Å². The molecule has 0 saturated carbocycles. The number of rotatable bonds is 5. The molecule has 0 bridgehead atoms. The zero-order chi connectivity index (χ0) is 12.8. The summed E-state index contributed by atoms with van der Waals surface area (Å²) in [6, 6.07) is 0.823. The number of nitrogens with zero attached hydrogens (tertiary/aromatic N) is 3. The van der Waals surface area contributed by atoms with Crippen molar-refractivity contribution in [1.29, 1.82) is 0 Å². The molecule has 0 spiro atoms. The zero-order valence-corrected chi connectivity index (χ0v) is 12.2. The second-order valence-electron chi connectivity index (χ2n) is 5.96. The Hall–Kier alpha value is -0.160. The van der Waals surface area contributed by atoms with Gasteiger partial charge < -0.3 is 20.0 Å². The number of piperidine rings is 1. The Bertz CT molecular complexity index is 220. The highest BCUT2D eigenvalue weighted by Gasteiger charge is 2.20. The summed E-state index contributed by atoms with van der Waals surface area (Å²) in [6.45, 7) is 9.89. The van der Waals surface area contributed by atoms with Gasteiger partial charge in [-0.2, -0.15) is 0 Å². The van der Waals surface area contributed by atoms with Gasteiger partial charge in [-0.25, -0.2) is 0 Å². The summed E-state index contributed by atoms with van der Waals surface area (Å²) < 4.78 is 0. The normalized spacial score (nSPS) is 24.8. The van der Waals surface area contributed by atoms with Crippen molar-refractivity contribution in [3.63, 3.8) is 0 Å². The first-order chi connectivity index (χ1) is 8.75. The summed E-state index contributed by atoms with van der Waals surface area (Å²) in [5, 5.41) is 3.41. The SMILES string of the molecule is CN1CCC(N(C)CCCN2CCNCC2)CC1. The van der Waals surface area contributed by atoms with Crippen molar-refractivity contribution in [1.82, 2.24) is 20.0 Å². The Kier molecular flexibility index (Phi) is 5.89. The number of piperazine rings is 1. The first-order valence-electron chi connectivity index (χ1n) is 7.57. The molecule has 0 aromatic carbocycles. The van der Waals surface area contributed by atoms with E-state index >= 15 is 0 Å². The standard InChI is InChI=1S/C14H30N4/c1-16-10-4-14(5-11-16)17(2)8-3-9-18-12-6-15-7-13-18/h14-15H,3-13H2,1-2H3. The fraction of sp³-hybridized carbons (Fsp3) is 1.00. The Morgan fingerprint density at radius 3 is 2.44 bits per heavy atom. The quantitative estimate of drug-likeness (QED) is 0.762. The Morgan fingerprint density at radius 1 is 1.11 bits per heavy atom. The van der Waals surface area contributed by atoms with Gasteiger partial charge >= 0.3 is 0 Å². The maximum atomic E-state index is 3.41. The van der Waals surface area contributed by atoms with E-state index in [0.29, 0.717) is 0 Å². The second kappa shape index (κ2) is 7.43. The molecule has 2 aliphatic heterocycles. The monoisotopic (exact) mass is 254 g/mol. The van der Waals surface area contributed by atoms with Gasteiger partial charge in [0.05, 0.1) is 0 Å². The molecule has 0 aromatic rings. The van der Waals surface area contributed by atoms with Gasteiger partial charge in [0.2, 0.25) is 0 Å². The molecule has 0 aliphatic carbocycles. The highest BCUT2D eigenvalue weighted by molar-refractivity contribution is 4.77. The fourth-order valence-corrected chi connectivity index (χ4v) is 3.10. The van der Waals surface area contributed by atoms with Crippen molar-refractivity contribution in [2.75, 3.05) is 66.5 Å². The van der Waals surface area contributed by atoms with Crippen LogP contribution in [0.5, 0.6) is 0 Å². The minimum absolute atomic E-state index is 0.823. The predicted molar refractivity (Wildman–Crippen MR) is 77.1 cm³/mol. The van der Waals surface area contributed by atoms with Crippen LogP contribution in [0.2, 0.25) is 0 Å². The third-order valence-corrected chi connectivity index (χ3v) is 4.51. The fourth-order valence-electron chi connectivity index (χ4n) is 3.10. The molecule has 2 heterocycles. The molecule has 0 radical (unpaired) electrons. The van der Waals surface area contributed by atoms with Gasteiger partial charge in [0.25, 0.3) is 0 Å². The van der Waals surface area contributed by atoms with Crippen molar-refractivity contribution in [2.24, 2.45) is 0 Å². The van der Waals surface area contributed by atoms with Gasteiger partial charge in [0, 0.05) is 32.2 Å². The summed E-state index contributed by atoms with van der Waals surface area (Å²) in [5.41, 5.74) is 0. The topological polar surface area (TPSA) is 21.8 Å². The molecule has 0 aromatic heterocycles. The third-order valence-electron chi connectivity index (χ3n) is 4.51. The van der Waals surface area contributed by atoms with Crippen LogP contribution in [-0.2, 0) is 0 Å². The summed E-state index contributed by atoms with van der Waals surface area (Å²) in [6.07, 6.45) is 4.02. The summed E-state index contributed by atoms with van der Waals surface area (Å²) in [4.78, 5) is 7.64. The van der Waals surface area contributed by atoms with E-state index in [-0.39, 0.29) is 0 Å². The summed E-state index contributed by atoms with van der Waals surface area (Å²) >= 11 is 0. The van der Waals surface area contributed by atoms with Crippen LogP contribution in [0, 0.1) is 0 Å². The molecule has 106 valence electrons. The van der Waals surface area contributed by atoms with Crippen LogP contribution in [0.3, 0.4) is 0 Å². The number of likely N-dealkylation sites (tertiary alicyclic amines) is 1. The van der Waals surface area contributed by atoms with Crippen molar-refractivity contribution < 1.29 is 0 Å². The first-order valence-corrected chi connectivity index (χ1v) is 7.57. The minimum atomic E-state index is 0.823. The van der Waals surface area contributed by atoms with E-state index in [2.05, 4.69) is 34.1 Å². The van der Waals surface area contributed by atoms with Crippen LogP contribution in [0.25, 0.3) is 0 Å². The van der Waals surface area contributed by atoms with Gasteiger partial charge in [0.15, 0.2) is 0 Å². The molecule has 2 rings (SSSR count). The lowest BCUT2D eigenvalue weighted by Gasteiger charge is -2.35. The molecule has 1 N–H and O–H groups in total. The Morgan fingerprint density at radius 2 is 1.78 bits per heavy atom. The van der Waals surface area contributed by atoms with E-state index in [1.165, 1.54) is 71.6 Å². The largest absolute Gasteiger partial charge is 0.314 e. The van der Waals surface area contributed by atoms with Crippen molar-refractivity contribution in [3.8, 4) is 0 Å². The van der Waals surface area contributed by atoms with Crippen molar-refractivity contribution in [3.05, 3.63) is 0 Å². The Balaban J connectivity index is 1.57. The first kappa shape index (κ1) is 14.3. The highest BCUT2D eigenvalue weighted by Crippen LogP contribution is 2.14. The Labute approximate surface area is 112 Å². The van der Waals surface area contributed by atoms with Crippen LogP contribution in [-0.4, -0.2) is 87.2 Å². The van der Waals surface area contributed by atoms with Gasteiger partial charge in [-0.1, -0.05) is 0 Å². The molecule has 4 heteroatoms. The van der Waals surface area contributed by atoms with Crippen molar-refractivity contribution in [2.45, 2.75) is 25.3 Å². The highest BCUT2D eigenvalue weighted by atomic mass is 15.2. The maximum absolute atomic E-state index is 3.41. The van der Waals surface area contributed by atoms with Crippen LogP contribution >= 0.6 is 0 Å². The molecular formula is C14H30N4. The van der Waals surface area contributed by atoms with E-state index in [9.17, 15) is 0 Å². The van der Waals surface area contributed by atoms with E-state index in [4.69, 9.17) is 0 Å². The van der Waals surface area contributed by atoms with Gasteiger partial charge in [0.1, 0.15) is 0 Å². The van der Waals surface area contributed by atoms with E-state index in [0.717, 1.165) is 6.04 Å². The molecule has 0 atom stereocenters. The van der Waals surface area contributed by atoms with Gasteiger partial charge in [-0.3, -0.25) is 0 Å². The average Bonchev–Trinajstić information content (AvgIpc) is 2.40. The van der Waals surface area contributed by atoms with Crippen LogP contribution in [0.4, 0.5) is 0 Å². The molecule has 18 heavy (non-hydrogen) atoms. The molecule has 0 unspecified atom stereocenters. The minimum Gasteiger partial charge on any atom is -0.314 e. The van der Waals surface area contributed by atoms with E-state index < -0.39 is 0 Å². The zero-order valence-electron chi connectivity index (χ0n) is 12.2. The van der Waals surface area contributed by atoms with E-state index in [1.807, 2.05) is 0 Å². The maximum Gasteiger partial charge on any atom is 0.0117 e. The summed E-state index contributed by atoms with van der Waals surface area (Å²) in [5.74, 6) is 0. The average molecular weight is 254 g/mol. The molecule has 0 amide bonds. The number of nitrogens with one attached hydrogen (secondary N) is 1. The smallest absolute Gasteiger partial charge is 0.0117 e. The lowest BCUT2D eigenvalue weighted by Crippen LogP contribution is -2.45. The second-order valence-corrected chi connectivity index (χ2v) is 5.96. The van der Waals surface area contributed by atoms with Gasteiger partial charge in [-0.05, 0) is 59.5 Å². The van der Waals surface area contributed by atoms with Gasteiger partial charge in [-0.15, -0.1) is 0 Å². The molecule has 2 saturated heterocycles. The lowest BCUT2D eigenvalue weighted by atomic mass is 10.0. The number of hydrogen-bond acceptors (Lipinski definition) is 4. The third kappa shape index (κ3) is 4.50. The predicted octanol–water partition coefficient (Wildman–Crippen LogP) is 0.308. The molecule has 4 nitrogen and oxygen atoms in total. The van der Waals surface area contributed by atoms with Crippen LogP contribution < -0.4 is 5.32 Å². The molecule has 2 aliphatic rings. The number of hydrogen-bond donors (Lipinski definition) is 1. The van der Waals surface area contributed by atoms with Crippen molar-refractivity contribution >= 4 is 0 Å². The molecular weight excluding hydrogens is 224 g/mol. The lowest BCUT2D eigenvalue weighted by molar-refractivity contribution is 0.136. The summed E-state index contributed by atoms with van der Waals surface area (Å²) in [7, 11) is 4.55.